The number of hydrogen-bond donors (Lipinski definition) is 3. The van der Waals surface area contributed by atoms with Crippen molar-refractivity contribution in [1.82, 2.24) is 5.32 Å². The molecular formula is C11H22N2O2. The molecule has 0 aromatic carbocycles. The van der Waals surface area contributed by atoms with Crippen molar-refractivity contribution in [2.24, 2.45) is 17.6 Å². The molecule has 0 aromatic heterocycles. The lowest BCUT2D eigenvalue weighted by Crippen LogP contribution is -2.34. The summed E-state index contributed by atoms with van der Waals surface area (Å²) in [5.74, 6) is 0.300. The number of aliphatic hydroxyl groups excluding tert-OH is 1. The third kappa shape index (κ3) is 4.62. The van der Waals surface area contributed by atoms with Crippen molar-refractivity contribution < 1.29 is 9.90 Å². The molecule has 0 radical (unpaired) electrons. The maximum absolute atomic E-state index is 10.8. The van der Waals surface area contributed by atoms with Gasteiger partial charge in [-0.1, -0.05) is 6.92 Å². The summed E-state index contributed by atoms with van der Waals surface area (Å²) >= 11 is 0. The number of carbonyl (C=O) groups excluding carboxylic acids is 1. The lowest BCUT2D eigenvalue weighted by atomic mass is 9.87. The first kappa shape index (κ1) is 12.5. The third-order valence-electron chi connectivity index (χ3n) is 3.19. The van der Waals surface area contributed by atoms with Gasteiger partial charge in [-0.2, -0.15) is 0 Å². The van der Waals surface area contributed by atoms with E-state index in [0.29, 0.717) is 12.5 Å². The Morgan fingerprint density at radius 1 is 1.47 bits per heavy atom. The highest BCUT2D eigenvalue weighted by Gasteiger charge is 2.19. The van der Waals surface area contributed by atoms with E-state index in [-0.39, 0.29) is 17.9 Å². The molecule has 4 N–H and O–H groups in total. The van der Waals surface area contributed by atoms with Gasteiger partial charge in [-0.05, 0) is 38.1 Å². The zero-order valence-corrected chi connectivity index (χ0v) is 9.41. The topological polar surface area (TPSA) is 75.3 Å². The van der Waals surface area contributed by atoms with E-state index in [9.17, 15) is 9.90 Å². The van der Waals surface area contributed by atoms with Crippen LogP contribution in [0.5, 0.6) is 0 Å². The van der Waals surface area contributed by atoms with Crippen molar-refractivity contribution in [2.45, 2.75) is 38.7 Å². The molecule has 15 heavy (non-hydrogen) atoms. The summed E-state index contributed by atoms with van der Waals surface area (Å²) in [7, 11) is 0. The van der Waals surface area contributed by atoms with Crippen LogP contribution in [0, 0.1) is 11.8 Å². The van der Waals surface area contributed by atoms with E-state index in [4.69, 9.17) is 5.73 Å². The first-order valence-electron chi connectivity index (χ1n) is 5.77. The first-order valence-corrected chi connectivity index (χ1v) is 5.77. The Morgan fingerprint density at radius 3 is 2.60 bits per heavy atom. The standard InChI is InChI=1S/C11H22N2O2/c1-8(11(12)15)6-13-7-9-2-4-10(14)5-3-9/h8-10,13-14H,2-7H2,1H3,(H2,12,15). The molecule has 1 saturated carbocycles. The normalized spacial score (nSPS) is 28.7. The second-order valence-corrected chi connectivity index (χ2v) is 4.64. The molecule has 1 unspecified atom stereocenters. The van der Waals surface area contributed by atoms with Gasteiger partial charge in [0.05, 0.1) is 6.10 Å². The van der Waals surface area contributed by atoms with Crippen molar-refractivity contribution in [2.75, 3.05) is 13.1 Å². The zero-order valence-electron chi connectivity index (χ0n) is 9.41. The predicted molar refractivity (Wildman–Crippen MR) is 59.2 cm³/mol. The van der Waals surface area contributed by atoms with Crippen molar-refractivity contribution in [3.8, 4) is 0 Å². The Hall–Kier alpha value is -0.610. The van der Waals surface area contributed by atoms with Gasteiger partial charge >= 0.3 is 0 Å². The second-order valence-electron chi connectivity index (χ2n) is 4.64. The van der Waals surface area contributed by atoms with E-state index in [2.05, 4.69) is 5.32 Å². The van der Waals surface area contributed by atoms with Crippen LogP contribution in [0.4, 0.5) is 0 Å². The predicted octanol–water partition coefficient (Wildman–Crippen LogP) is 0.248. The minimum Gasteiger partial charge on any atom is -0.393 e. The number of aliphatic hydroxyl groups is 1. The van der Waals surface area contributed by atoms with Crippen LogP contribution in [0.25, 0.3) is 0 Å². The summed E-state index contributed by atoms with van der Waals surface area (Å²) in [4.78, 5) is 10.8. The smallest absolute Gasteiger partial charge is 0.221 e. The molecule has 0 saturated heterocycles. The number of hydrogen-bond acceptors (Lipinski definition) is 3. The fourth-order valence-electron chi connectivity index (χ4n) is 1.95. The average molecular weight is 214 g/mol. The summed E-state index contributed by atoms with van der Waals surface area (Å²) in [5, 5.41) is 12.6. The Labute approximate surface area is 91.2 Å². The minimum atomic E-state index is -0.249. The highest BCUT2D eigenvalue weighted by molar-refractivity contribution is 5.76. The van der Waals surface area contributed by atoms with Crippen LogP contribution >= 0.6 is 0 Å². The average Bonchev–Trinajstić information content (AvgIpc) is 2.20. The van der Waals surface area contributed by atoms with Gasteiger partial charge in [0.2, 0.25) is 5.91 Å². The van der Waals surface area contributed by atoms with Crippen LogP contribution in [-0.4, -0.2) is 30.2 Å². The van der Waals surface area contributed by atoms with Gasteiger partial charge in [0.1, 0.15) is 0 Å². The van der Waals surface area contributed by atoms with Crippen molar-refractivity contribution >= 4 is 5.91 Å². The Bertz CT molecular complexity index is 201. The lowest BCUT2D eigenvalue weighted by molar-refractivity contribution is -0.121. The van der Waals surface area contributed by atoms with E-state index >= 15 is 0 Å². The summed E-state index contributed by atoms with van der Waals surface area (Å²) in [6.45, 7) is 3.43. The maximum atomic E-state index is 10.8. The van der Waals surface area contributed by atoms with Crippen LogP contribution in [0.1, 0.15) is 32.6 Å². The molecule has 0 aliphatic heterocycles. The van der Waals surface area contributed by atoms with Gasteiger partial charge in [-0.25, -0.2) is 0 Å². The summed E-state index contributed by atoms with van der Waals surface area (Å²) in [5.41, 5.74) is 5.16. The highest BCUT2D eigenvalue weighted by Crippen LogP contribution is 2.23. The number of nitrogens with two attached hydrogens (primary N) is 1. The Morgan fingerprint density at radius 2 is 2.07 bits per heavy atom. The molecule has 4 nitrogen and oxygen atoms in total. The largest absolute Gasteiger partial charge is 0.393 e. The van der Waals surface area contributed by atoms with Crippen molar-refractivity contribution in [3.05, 3.63) is 0 Å². The molecular weight excluding hydrogens is 192 g/mol. The van der Waals surface area contributed by atoms with E-state index in [1.807, 2.05) is 6.92 Å². The van der Waals surface area contributed by atoms with Gasteiger partial charge in [-0.15, -0.1) is 0 Å². The summed E-state index contributed by atoms with van der Waals surface area (Å²) < 4.78 is 0. The van der Waals surface area contributed by atoms with E-state index in [0.717, 1.165) is 32.2 Å². The second kappa shape index (κ2) is 6.08. The SMILES string of the molecule is CC(CNCC1CCC(O)CC1)C(N)=O. The zero-order chi connectivity index (χ0) is 11.3. The molecule has 1 aliphatic carbocycles. The third-order valence-corrected chi connectivity index (χ3v) is 3.19. The van der Waals surface area contributed by atoms with Gasteiger partial charge in [-0.3, -0.25) is 4.79 Å². The monoisotopic (exact) mass is 214 g/mol. The van der Waals surface area contributed by atoms with Gasteiger partial charge < -0.3 is 16.2 Å². The summed E-state index contributed by atoms with van der Waals surface area (Å²) in [6.07, 6.45) is 3.90. The number of rotatable bonds is 5. The Balaban J connectivity index is 2.07. The fraction of sp³-hybridized carbons (Fsp3) is 0.909. The highest BCUT2D eigenvalue weighted by atomic mass is 16.3. The van der Waals surface area contributed by atoms with E-state index in [1.165, 1.54) is 0 Å². The number of amides is 1. The molecule has 88 valence electrons. The van der Waals surface area contributed by atoms with Crippen molar-refractivity contribution in [1.29, 1.82) is 0 Å². The Kier molecular flexibility index (Phi) is 5.05. The molecule has 0 spiro atoms. The van der Waals surface area contributed by atoms with Gasteiger partial charge in [0.25, 0.3) is 0 Å². The van der Waals surface area contributed by atoms with E-state index < -0.39 is 0 Å². The number of primary amides is 1. The lowest BCUT2D eigenvalue weighted by Gasteiger charge is -2.25. The van der Waals surface area contributed by atoms with E-state index in [1.54, 1.807) is 0 Å². The molecule has 1 rings (SSSR count). The van der Waals surface area contributed by atoms with Gasteiger partial charge in [0, 0.05) is 12.5 Å². The molecule has 0 aromatic rings. The quantitative estimate of drug-likeness (QED) is 0.614. The van der Waals surface area contributed by atoms with Crippen LogP contribution < -0.4 is 11.1 Å². The maximum Gasteiger partial charge on any atom is 0.221 e. The first-order chi connectivity index (χ1) is 7.09. The molecule has 1 amide bonds. The number of carbonyl (C=O) groups is 1. The molecule has 1 fully saturated rings. The van der Waals surface area contributed by atoms with Crippen LogP contribution in [-0.2, 0) is 4.79 Å². The molecule has 0 heterocycles. The minimum absolute atomic E-state index is 0.0919. The molecule has 1 aliphatic rings. The fourth-order valence-corrected chi connectivity index (χ4v) is 1.95. The molecule has 4 heteroatoms. The van der Waals surface area contributed by atoms with Gasteiger partial charge in [0.15, 0.2) is 0 Å². The molecule has 1 atom stereocenters. The van der Waals surface area contributed by atoms with Crippen LogP contribution in [0.3, 0.4) is 0 Å². The van der Waals surface area contributed by atoms with Crippen LogP contribution in [0.15, 0.2) is 0 Å². The van der Waals surface area contributed by atoms with Crippen molar-refractivity contribution in [3.63, 3.8) is 0 Å². The van der Waals surface area contributed by atoms with Crippen LogP contribution in [0.2, 0.25) is 0 Å². The number of nitrogens with one attached hydrogen (secondary N) is 1. The molecule has 0 bridgehead atoms. The summed E-state index contributed by atoms with van der Waals surface area (Å²) in [6, 6.07) is 0.